The fourth-order valence-corrected chi connectivity index (χ4v) is 2.55. The van der Waals surface area contributed by atoms with Crippen LogP contribution in [-0.4, -0.2) is 29.1 Å². The summed E-state index contributed by atoms with van der Waals surface area (Å²) in [5.41, 5.74) is 7.79. The molecule has 1 aromatic carbocycles. The predicted octanol–water partition coefficient (Wildman–Crippen LogP) is 1.08. The average molecular weight is 260 g/mol. The van der Waals surface area contributed by atoms with Gasteiger partial charge in [-0.15, -0.1) is 0 Å². The Kier molecular flexibility index (Phi) is 2.77. The maximum Gasteiger partial charge on any atom is 0.220 e. The summed E-state index contributed by atoms with van der Waals surface area (Å²) in [6.07, 6.45) is 1.31. The molecule has 0 bridgehead atoms. The molecule has 2 heterocycles. The molecule has 19 heavy (non-hydrogen) atoms. The van der Waals surface area contributed by atoms with Crippen LogP contribution in [0.3, 0.4) is 0 Å². The Balaban J connectivity index is 2.03. The highest BCUT2D eigenvalue weighted by Gasteiger charge is 2.23. The van der Waals surface area contributed by atoms with E-state index in [4.69, 9.17) is 10.5 Å². The Labute approximate surface area is 110 Å². The van der Waals surface area contributed by atoms with E-state index in [-0.39, 0.29) is 11.9 Å². The fourth-order valence-electron chi connectivity index (χ4n) is 2.55. The smallest absolute Gasteiger partial charge is 0.220 e. The third kappa shape index (κ3) is 1.99. The van der Waals surface area contributed by atoms with Crippen LogP contribution in [0.1, 0.15) is 18.9 Å². The van der Waals surface area contributed by atoms with Crippen molar-refractivity contribution in [1.82, 2.24) is 14.9 Å². The number of nitrogens with two attached hydrogens (primary N) is 1. The molecular formula is C13H16N4O2. The Hall–Kier alpha value is -2.24. The molecule has 2 aromatic rings. The third-order valence-electron chi connectivity index (χ3n) is 3.53. The summed E-state index contributed by atoms with van der Waals surface area (Å²) >= 11 is 0. The number of fused-ring (bicyclic) bond motifs is 1. The van der Waals surface area contributed by atoms with Gasteiger partial charge >= 0.3 is 0 Å². The lowest BCUT2D eigenvalue weighted by molar-refractivity contribution is -0.122. The summed E-state index contributed by atoms with van der Waals surface area (Å²) in [6, 6.07) is 5.87. The molecular weight excluding hydrogens is 244 g/mol. The Morgan fingerprint density at radius 2 is 2.37 bits per heavy atom. The molecule has 1 aliphatic rings. The zero-order valence-corrected chi connectivity index (χ0v) is 10.7. The monoisotopic (exact) mass is 260 g/mol. The summed E-state index contributed by atoms with van der Waals surface area (Å²) < 4.78 is 7.18. The number of imidazole rings is 1. The van der Waals surface area contributed by atoms with Gasteiger partial charge in [0.05, 0.1) is 24.2 Å². The summed E-state index contributed by atoms with van der Waals surface area (Å²) in [6.45, 7) is 0.598. The molecule has 0 aliphatic carbocycles. The van der Waals surface area contributed by atoms with Crippen molar-refractivity contribution in [2.24, 2.45) is 0 Å². The van der Waals surface area contributed by atoms with Crippen molar-refractivity contribution < 1.29 is 9.53 Å². The van der Waals surface area contributed by atoms with Gasteiger partial charge in [0.1, 0.15) is 5.75 Å². The second-order valence-electron chi connectivity index (χ2n) is 4.69. The molecule has 0 saturated carbocycles. The van der Waals surface area contributed by atoms with Crippen LogP contribution >= 0.6 is 0 Å². The van der Waals surface area contributed by atoms with Gasteiger partial charge in [-0.2, -0.15) is 0 Å². The van der Waals surface area contributed by atoms with Gasteiger partial charge in [-0.25, -0.2) is 4.98 Å². The average Bonchev–Trinajstić information content (AvgIpc) is 2.74. The number of benzene rings is 1. The van der Waals surface area contributed by atoms with Crippen molar-refractivity contribution >= 4 is 22.9 Å². The Morgan fingerprint density at radius 3 is 3.05 bits per heavy atom. The minimum atomic E-state index is 0.0981. The number of hydrogen-bond acceptors (Lipinski definition) is 4. The number of anilines is 1. The molecule has 6 heteroatoms. The summed E-state index contributed by atoms with van der Waals surface area (Å²) in [4.78, 5) is 15.6. The van der Waals surface area contributed by atoms with Crippen molar-refractivity contribution in [3.05, 3.63) is 18.2 Å². The number of nitrogens with one attached hydrogen (secondary N) is 1. The van der Waals surface area contributed by atoms with Crippen molar-refractivity contribution in [3.8, 4) is 5.75 Å². The van der Waals surface area contributed by atoms with E-state index in [0.29, 0.717) is 18.9 Å². The predicted molar refractivity (Wildman–Crippen MR) is 72.0 cm³/mol. The van der Waals surface area contributed by atoms with E-state index in [9.17, 15) is 4.79 Å². The van der Waals surface area contributed by atoms with Crippen LogP contribution in [0, 0.1) is 0 Å². The molecule has 3 N–H and O–H groups in total. The number of hydrogen-bond donors (Lipinski definition) is 2. The molecule has 1 saturated heterocycles. The van der Waals surface area contributed by atoms with Gasteiger partial charge in [-0.05, 0) is 18.6 Å². The van der Waals surface area contributed by atoms with Crippen LogP contribution in [0.2, 0.25) is 0 Å². The number of amides is 1. The largest absolute Gasteiger partial charge is 0.497 e. The second-order valence-corrected chi connectivity index (χ2v) is 4.69. The molecule has 3 rings (SSSR count). The van der Waals surface area contributed by atoms with E-state index in [1.807, 2.05) is 22.8 Å². The first-order chi connectivity index (χ1) is 9.19. The van der Waals surface area contributed by atoms with Crippen molar-refractivity contribution in [2.75, 3.05) is 19.4 Å². The zero-order chi connectivity index (χ0) is 13.4. The van der Waals surface area contributed by atoms with Crippen molar-refractivity contribution in [2.45, 2.75) is 18.9 Å². The molecule has 1 aromatic heterocycles. The van der Waals surface area contributed by atoms with Gasteiger partial charge < -0.3 is 20.4 Å². The van der Waals surface area contributed by atoms with E-state index >= 15 is 0 Å². The molecule has 1 unspecified atom stereocenters. The van der Waals surface area contributed by atoms with Gasteiger partial charge in [0, 0.05) is 19.0 Å². The maximum absolute atomic E-state index is 11.2. The summed E-state index contributed by atoms with van der Waals surface area (Å²) in [7, 11) is 1.62. The molecule has 100 valence electrons. The number of methoxy groups -OCH3 is 1. The molecule has 1 aliphatic heterocycles. The van der Waals surface area contributed by atoms with Crippen LogP contribution in [-0.2, 0) is 4.79 Å². The van der Waals surface area contributed by atoms with E-state index < -0.39 is 0 Å². The molecule has 0 spiro atoms. The first-order valence-corrected chi connectivity index (χ1v) is 6.27. The topological polar surface area (TPSA) is 82.2 Å². The highest BCUT2D eigenvalue weighted by Crippen LogP contribution is 2.28. The summed E-state index contributed by atoms with van der Waals surface area (Å²) in [5.74, 6) is 1.33. The number of carbonyl (C=O) groups is 1. The Bertz CT molecular complexity index is 625. The van der Waals surface area contributed by atoms with Gasteiger partial charge in [0.15, 0.2) is 0 Å². The van der Waals surface area contributed by atoms with E-state index in [0.717, 1.165) is 23.2 Å². The normalized spacial score (nSPS) is 19.4. The van der Waals surface area contributed by atoms with Crippen LogP contribution in [0.15, 0.2) is 18.2 Å². The van der Waals surface area contributed by atoms with Gasteiger partial charge in [0.2, 0.25) is 11.9 Å². The molecule has 6 nitrogen and oxygen atoms in total. The van der Waals surface area contributed by atoms with E-state index in [1.165, 1.54) is 0 Å². The number of nitrogen functional groups attached to an aromatic ring is 1. The molecule has 1 fully saturated rings. The Morgan fingerprint density at radius 1 is 1.53 bits per heavy atom. The van der Waals surface area contributed by atoms with Crippen LogP contribution < -0.4 is 15.8 Å². The minimum absolute atomic E-state index is 0.0981. The maximum atomic E-state index is 11.2. The molecule has 1 atom stereocenters. The van der Waals surface area contributed by atoms with E-state index in [2.05, 4.69) is 10.3 Å². The first kappa shape index (κ1) is 11.8. The zero-order valence-electron chi connectivity index (χ0n) is 10.7. The number of nitrogens with zero attached hydrogens (tertiary/aromatic N) is 2. The van der Waals surface area contributed by atoms with Crippen molar-refractivity contribution in [3.63, 3.8) is 0 Å². The quantitative estimate of drug-likeness (QED) is 0.846. The summed E-state index contributed by atoms with van der Waals surface area (Å²) in [5, 5.41) is 2.87. The SMILES string of the molecule is COc1ccc2c(c1)nc(N)n2C1CCC(=O)NC1. The van der Waals surface area contributed by atoms with Gasteiger partial charge in [-0.3, -0.25) is 4.79 Å². The van der Waals surface area contributed by atoms with E-state index in [1.54, 1.807) is 7.11 Å². The van der Waals surface area contributed by atoms with Gasteiger partial charge in [-0.1, -0.05) is 0 Å². The first-order valence-electron chi connectivity index (χ1n) is 6.27. The standard InChI is InChI=1S/C13H16N4O2/c1-19-9-3-4-11-10(6-9)16-13(14)17(11)8-2-5-12(18)15-7-8/h3-4,6,8H,2,5,7H2,1H3,(H2,14,16)(H,15,18). The van der Waals surface area contributed by atoms with Gasteiger partial charge in [0.25, 0.3) is 0 Å². The lowest BCUT2D eigenvalue weighted by Crippen LogP contribution is -2.36. The number of piperidine rings is 1. The third-order valence-corrected chi connectivity index (χ3v) is 3.53. The number of aromatic nitrogens is 2. The highest BCUT2D eigenvalue weighted by atomic mass is 16.5. The molecule has 1 amide bonds. The lowest BCUT2D eigenvalue weighted by atomic mass is 10.1. The van der Waals surface area contributed by atoms with Crippen LogP contribution in [0.4, 0.5) is 5.95 Å². The van der Waals surface area contributed by atoms with Crippen LogP contribution in [0.5, 0.6) is 5.75 Å². The number of carbonyl (C=O) groups excluding carboxylic acids is 1. The number of ether oxygens (including phenoxy) is 1. The minimum Gasteiger partial charge on any atom is -0.497 e. The lowest BCUT2D eigenvalue weighted by Gasteiger charge is -2.25. The molecule has 0 radical (unpaired) electrons. The van der Waals surface area contributed by atoms with Crippen molar-refractivity contribution in [1.29, 1.82) is 0 Å². The second kappa shape index (κ2) is 4.46. The highest BCUT2D eigenvalue weighted by molar-refractivity contribution is 5.81. The van der Waals surface area contributed by atoms with Crippen LogP contribution in [0.25, 0.3) is 11.0 Å². The number of rotatable bonds is 2. The fraction of sp³-hybridized carbons (Fsp3) is 0.385.